The van der Waals surface area contributed by atoms with Gasteiger partial charge in [-0.05, 0) is 6.92 Å². The fraction of sp³-hybridized carbons (Fsp3) is 0.667. The topological polar surface area (TPSA) is 71.3 Å². The second-order valence-electron chi connectivity index (χ2n) is 3.10. The molecular weight excluding hydrogens is 232 g/mol. The number of alkyl halides is 1. The van der Waals surface area contributed by atoms with Crippen LogP contribution in [0.4, 0.5) is 6.01 Å². The van der Waals surface area contributed by atoms with E-state index < -0.39 is 0 Å². The van der Waals surface area contributed by atoms with Crippen molar-refractivity contribution in [2.24, 2.45) is 0 Å². The summed E-state index contributed by atoms with van der Waals surface area (Å²) in [4.78, 5) is 12.9. The number of halogens is 1. The van der Waals surface area contributed by atoms with E-state index in [0.29, 0.717) is 30.8 Å². The molecule has 0 atom stereocenters. The molecule has 0 saturated carbocycles. The lowest BCUT2D eigenvalue weighted by molar-refractivity contribution is -0.119. The Labute approximate surface area is 99.0 Å². The molecule has 0 aliphatic rings. The summed E-state index contributed by atoms with van der Waals surface area (Å²) in [7, 11) is 1.59. The van der Waals surface area contributed by atoms with Crippen LogP contribution in [0, 0.1) is 0 Å². The van der Waals surface area contributed by atoms with Crippen LogP contribution in [0.15, 0.2) is 4.42 Å². The summed E-state index contributed by atoms with van der Waals surface area (Å²) in [6, 6.07) is 0.353. The molecular formula is C9H15ClN4O2. The van der Waals surface area contributed by atoms with Crippen molar-refractivity contribution >= 4 is 23.5 Å². The number of hydrogen-bond donors (Lipinski definition) is 1. The van der Waals surface area contributed by atoms with Gasteiger partial charge in [-0.2, -0.15) is 0 Å². The highest BCUT2D eigenvalue weighted by molar-refractivity contribution is 6.17. The van der Waals surface area contributed by atoms with Crippen LogP contribution in [0.1, 0.15) is 12.8 Å². The number of rotatable bonds is 6. The Morgan fingerprint density at radius 1 is 1.56 bits per heavy atom. The molecule has 6 nitrogen and oxygen atoms in total. The van der Waals surface area contributed by atoms with E-state index in [9.17, 15) is 4.79 Å². The molecule has 7 heteroatoms. The lowest BCUT2D eigenvalue weighted by Gasteiger charge is -2.16. The van der Waals surface area contributed by atoms with Crippen LogP contribution in [-0.4, -0.2) is 42.1 Å². The van der Waals surface area contributed by atoms with Crippen molar-refractivity contribution in [3.8, 4) is 0 Å². The first-order chi connectivity index (χ1) is 7.71. The van der Waals surface area contributed by atoms with Crippen LogP contribution in [-0.2, 0) is 11.2 Å². The second kappa shape index (κ2) is 6.32. The summed E-state index contributed by atoms with van der Waals surface area (Å²) in [5.41, 5.74) is 0. The van der Waals surface area contributed by atoms with Crippen LogP contribution in [0.5, 0.6) is 0 Å². The first-order valence-electron chi connectivity index (χ1n) is 5.05. The molecule has 1 N–H and O–H groups in total. The molecule has 0 aromatic carbocycles. The van der Waals surface area contributed by atoms with E-state index in [0.717, 1.165) is 0 Å². The maximum atomic E-state index is 11.2. The first-order valence-corrected chi connectivity index (χ1v) is 5.58. The molecule has 0 radical (unpaired) electrons. The standard InChI is InChI=1S/C9H15ClN4O2/c1-3-14(6-7(15)11-2)9-13-12-8(16-9)4-5-10/h3-6H2,1-2H3,(H,11,15). The van der Waals surface area contributed by atoms with Crippen molar-refractivity contribution < 1.29 is 9.21 Å². The van der Waals surface area contributed by atoms with E-state index >= 15 is 0 Å². The molecule has 0 saturated heterocycles. The molecule has 0 aliphatic carbocycles. The van der Waals surface area contributed by atoms with Gasteiger partial charge in [0.25, 0.3) is 0 Å². The third-order valence-corrected chi connectivity index (χ3v) is 2.22. The van der Waals surface area contributed by atoms with E-state index in [4.69, 9.17) is 16.0 Å². The number of carbonyl (C=O) groups excluding carboxylic acids is 1. The van der Waals surface area contributed by atoms with Crippen LogP contribution < -0.4 is 10.2 Å². The van der Waals surface area contributed by atoms with Crippen LogP contribution in [0.2, 0.25) is 0 Å². The Bertz CT molecular complexity index is 342. The molecule has 1 aromatic heterocycles. The lowest BCUT2D eigenvalue weighted by Crippen LogP contribution is -2.35. The van der Waals surface area contributed by atoms with Crippen LogP contribution in [0.25, 0.3) is 0 Å². The summed E-state index contributed by atoms with van der Waals surface area (Å²) in [6.45, 7) is 2.74. The number of amides is 1. The SMILES string of the molecule is CCN(CC(=O)NC)c1nnc(CCCl)o1. The molecule has 0 aliphatic heterocycles. The van der Waals surface area contributed by atoms with Gasteiger partial charge < -0.3 is 14.6 Å². The summed E-state index contributed by atoms with van der Waals surface area (Å²) in [5, 5.41) is 10.2. The highest BCUT2D eigenvalue weighted by atomic mass is 35.5. The van der Waals surface area contributed by atoms with Gasteiger partial charge in [0, 0.05) is 25.9 Å². The highest BCUT2D eigenvalue weighted by Gasteiger charge is 2.15. The Hall–Kier alpha value is -1.30. The van der Waals surface area contributed by atoms with Crippen molar-refractivity contribution in [2.75, 3.05) is 30.9 Å². The first kappa shape index (κ1) is 12.8. The van der Waals surface area contributed by atoms with Gasteiger partial charge in [0.15, 0.2) is 0 Å². The molecule has 90 valence electrons. The van der Waals surface area contributed by atoms with Crippen molar-refractivity contribution in [3.05, 3.63) is 5.89 Å². The minimum Gasteiger partial charge on any atom is -0.408 e. The van der Waals surface area contributed by atoms with Crippen molar-refractivity contribution in [1.29, 1.82) is 0 Å². The van der Waals surface area contributed by atoms with Crippen LogP contribution in [0.3, 0.4) is 0 Å². The number of nitrogens with one attached hydrogen (secondary N) is 1. The lowest BCUT2D eigenvalue weighted by atomic mass is 10.5. The van der Waals surface area contributed by atoms with E-state index in [-0.39, 0.29) is 12.5 Å². The molecule has 0 fully saturated rings. The second-order valence-corrected chi connectivity index (χ2v) is 3.48. The third kappa shape index (κ3) is 3.37. The fourth-order valence-electron chi connectivity index (χ4n) is 1.12. The number of likely N-dealkylation sites (N-methyl/N-ethyl adjacent to an activating group) is 2. The molecule has 0 unspecified atom stereocenters. The number of carbonyl (C=O) groups is 1. The van der Waals surface area contributed by atoms with Gasteiger partial charge >= 0.3 is 6.01 Å². The Kier molecular flexibility index (Phi) is 5.04. The minimum absolute atomic E-state index is 0.0982. The minimum atomic E-state index is -0.0982. The smallest absolute Gasteiger partial charge is 0.318 e. The van der Waals surface area contributed by atoms with Gasteiger partial charge in [0.1, 0.15) is 6.54 Å². The largest absolute Gasteiger partial charge is 0.408 e. The molecule has 1 aromatic rings. The van der Waals surface area contributed by atoms with Gasteiger partial charge in [-0.25, -0.2) is 0 Å². The number of aryl methyl sites for hydroxylation is 1. The van der Waals surface area contributed by atoms with E-state index in [2.05, 4.69) is 15.5 Å². The van der Waals surface area contributed by atoms with Crippen molar-refractivity contribution in [2.45, 2.75) is 13.3 Å². The monoisotopic (exact) mass is 246 g/mol. The quantitative estimate of drug-likeness (QED) is 0.737. The van der Waals surface area contributed by atoms with Gasteiger partial charge in [-0.3, -0.25) is 4.79 Å². The molecule has 0 bridgehead atoms. The number of hydrogen-bond acceptors (Lipinski definition) is 5. The molecule has 0 spiro atoms. The van der Waals surface area contributed by atoms with Gasteiger partial charge in [0.05, 0.1) is 0 Å². The zero-order valence-corrected chi connectivity index (χ0v) is 10.1. The maximum absolute atomic E-state index is 11.2. The van der Waals surface area contributed by atoms with E-state index in [1.165, 1.54) is 0 Å². The summed E-state index contributed by atoms with van der Waals surface area (Å²) >= 11 is 5.56. The van der Waals surface area contributed by atoms with Gasteiger partial charge in [-0.1, -0.05) is 5.10 Å². The number of aromatic nitrogens is 2. The molecule has 16 heavy (non-hydrogen) atoms. The van der Waals surface area contributed by atoms with Crippen molar-refractivity contribution in [1.82, 2.24) is 15.5 Å². The summed E-state index contributed by atoms with van der Waals surface area (Å²) < 4.78 is 5.36. The average molecular weight is 247 g/mol. The predicted molar refractivity (Wildman–Crippen MR) is 60.7 cm³/mol. The van der Waals surface area contributed by atoms with Gasteiger partial charge in [0.2, 0.25) is 11.8 Å². The zero-order chi connectivity index (χ0) is 12.0. The van der Waals surface area contributed by atoms with E-state index in [1.54, 1.807) is 11.9 Å². The average Bonchev–Trinajstić information content (AvgIpc) is 2.74. The third-order valence-electron chi connectivity index (χ3n) is 2.03. The summed E-state index contributed by atoms with van der Waals surface area (Å²) in [5.74, 6) is 0.822. The Morgan fingerprint density at radius 2 is 2.31 bits per heavy atom. The highest BCUT2D eigenvalue weighted by Crippen LogP contribution is 2.12. The fourth-order valence-corrected chi connectivity index (χ4v) is 1.28. The maximum Gasteiger partial charge on any atom is 0.318 e. The molecule has 1 rings (SSSR count). The number of anilines is 1. The summed E-state index contributed by atoms with van der Waals surface area (Å²) in [6.07, 6.45) is 0.534. The van der Waals surface area contributed by atoms with Crippen molar-refractivity contribution in [3.63, 3.8) is 0 Å². The normalized spacial score (nSPS) is 10.2. The Morgan fingerprint density at radius 3 is 2.88 bits per heavy atom. The molecule has 1 amide bonds. The van der Waals surface area contributed by atoms with Crippen LogP contribution >= 0.6 is 11.6 Å². The number of nitrogens with zero attached hydrogens (tertiary/aromatic N) is 3. The zero-order valence-electron chi connectivity index (χ0n) is 9.36. The Balaban J connectivity index is 2.67. The van der Waals surface area contributed by atoms with E-state index in [1.807, 2.05) is 6.92 Å². The van der Waals surface area contributed by atoms with Gasteiger partial charge in [-0.15, -0.1) is 16.7 Å². The molecule has 1 heterocycles. The predicted octanol–water partition coefficient (Wildman–Crippen LogP) is 0.423.